The summed E-state index contributed by atoms with van der Waals surface area (Å²) in [5, 5.41) is 20.0. The summed E-state index contributed by atoms with van der Waals surface area (Å²) in [6.07, 6.45) is 3.06. The molecule has 0 fully saturated rings. The molecule has 2 N–H and O–H groups in total. The molecule has 0 bridgehead atoms. The Balaban J connectivity index is 1.96. The van der Waals surface area contributed by atoms with Crippen LogP contribution in [-0.2, 0) is 0 Å². The van der Waals surface area contributed by atoms with E-state index in [1.165, 1.54) is 11.0 Å². The van der Waals surface area contributed by atoms with E-state index in [1.54, 1.807) is 0 Å². The molecule has 0 aliphatic carbocycles. The van der Waals surface area contributed by atoms with Gasteiger partial charge in [-0.25, -0.2) is 0 Å². The summed E-state index contributed by atoms with van der Waals surface area (Å²) < 4.78 is 0. The Kier molecular flexibility index (Phi) is 5.45. The number of rotatable bonds is 7. The van der Waals surface area contributed by atoms with Crippen LogP contribution in [0, 0.1) is 5.92 Å². The van der Waals surface area contributed by atoms with Gasteiger partial charge in [0.05, 0.1) is 11.9 Å². The van der Waals surface area contributed by atoms with Crippen LogP contribution in [0.3, 0.4) is 0 Å². The zero-order valence-electron chi connectivity index (χ0n) is 12.1. The van der Waals surface area contributed by atoms with Gasteiger partial charge in [-0.15, -0.1) is 5.10 Å². The third-order valence-electron chi connectivity index (χ3n) is 3.38. The van der Waals surface area contributed by atoms with E-state index in [1.807, 2.05) is 37.3 Å². The highest BCUT2D eigenvalue weighted by Gasteiger charge is 2.13. The highest BCUT2D eigenvalue weighted by atomic mass is 16.3. The molecule has 1 aromatic heterocycles. The molecular formula is C15H20N4O2. The normalized spacial score (nSPS) is 12.1. The van der Waals surface area contributed by atoms with E-state index in [0.717, 1.165) is 12.1 Å². The maximum Gasteiger partial charge on any atom is 0.273 e. The first-order valence-corrected chi connectivity index (χ1v) is 7.11. The van der Waals surface area contributed by atoms with Gasteiger partial charge >= 0.3 is 0 Å². The first-order valence-electron chi connectivity index (χ1n) is 7.11. The van der Waals surface area contributed by atoms with Crippen LogP contribution in [0.4, 0.5) is 0 Å². The third-order valence-corrected chi connectivity index (χ3v) is 3.38. The first kappa shape index (κ1) is 15.2. The van der Waals surface area contributed by atoms with Gasteiger partial charge in [0.15, 0.2) is 5.69 Å². The number of nitrogens with one attached hydrogen (secondary N) is 1. The highest BCUT2D eigenvalue weighted by Crippen LogP contribution is 2.07. The van der Waals surface area contributed by atoms with Crippen molar-refractivity contribution in [1.82, 2.24) is 20.3 Å². The Hall–Kier alpha value is -2.21. The van der Waals surface area contributed by atoms with Crippen molar-refractivity contribution in [3.63, 3.8) is 0 Å². The molecule has 0 aliphatic rings. The largest absolute Gasteiger partial charge is 0.396 e. The molecule has 2 aromatic rings. The topological polar surface area (TPSA) is 80.0 Å². The van der Waals surface area contributed by atoms with E-state index in [0.29, 0.717) is 13.0 Å². The van der Waals surface area contributed by atoms with Crippen molar-refractivity contribution in [3.05, 3.63) is 42.2 Å². The molecule has 112 valence electrons. The lowest BCUT2D eigenvalue weighted by Gasteiger charge is -2.13. The predicted octanol–water partition coefficient (Wildman–Crippen LogP) is 1.41. The van der Waals surface area contributed by atoms with Crippen molar-refractivity contribution < 1.29 is 9.90 Å². The van der Waals surface area contributed by atoms with Crippen molar-refractivity contribution in [2.24, 2.45) is 5.92 Å². The molecule has 21 heavy (non-hydrogen) atoms. The van der Waals surface area contributed by atoms with Crippen molar-refractivity contribution >= 4 is 5.91 Å². The Morgan fingerprint density at radius 3 is 2.81 bits per heavy atom. The Morgan fingerprint density at radius 2 is 2.14 bits per heavy atom. The van der Waals surface area contributed by atoms with Gasteiger partial charge in [0.1, 0.15) is 0 Å². The van der Waals surface area contributed by atoms with E-state index >= 15 is 0 Å². The van der Waals surface area contributed by atoms with Crippen LogP contribution in [0.1, 0.15) is 30.3 Å². The van der Waals surface area contributed by atoms with Crippen LogP contribution in [0.2, 0.25) is 0 Å². The van der Waals surface area contributed by atoms with Crippen molar-refractivity contribution in [3.8, 4) is 5.69 Å². The Labute approximate surface area is 123 Å². The van der Waals surface area contributed by atoms with Gasteiger partial charge in [0, 0.05) is 13.2 Å². The monoisotopic (exact) mass is 288 g/mol. The van der Waals surface area contributed by atoms with E-state index in [-0.39, 0.29) is 24.1 Å². The van der Waals surface area contributed by atoms with E-state index in [4.69, 9.17) is 5.11 Å². The summed E-state index contributed by atoms with van der Waals surface area (Å²) in [6.45, 7) is 2.71. The number of carbonyl (C=O) groups is 1. The summed E-state index contributed by atoms with van der Waals surface area (Å²) in [7, 11) is 0. The fraction of sp³-hybridized carbons (Fsp3) is 0.400. The smallest absolute Gasteiger partial charge is 0.273 e. The standard InChI is InChI=1S/C15H20N4O2/c1-2-12(8-9-20)10-16-15(21)14-11-17-19(18-14)13-6-4-3-5-7-13/h3-7,11-12,20H,2,8-10H2,1H3,(H,16,21). The van der Waals surface area contributed by atoms with Crippen LogP contribution in [0.5, 0.6) is 0 Å². The van der Waals surface area contributed by atoms with Gasteiger partial charge < -0.3 is 10.4 Å². The number of para-hydroxylation sites is 1. The summed E-state index contributed by atoms with van der Waals surface area (Å²) in [5.41, 5.74) is 1.10. The molecule has 0 radical (unpaired) electrons. The summed E-state index contributed by atoms with van der Waals surface area (Å²) in [5.74, 6) is 0.0386. The van der Waals surface area contributed by atoms with Gasteiger partial charge in [0.25, 0.3) is 5.91 Å². The van der Waals surface area contributed by atoms with Gasteiger partial charge in [-0.2, -0.15) is 9.90 Å². The number of benzene rings is 1. The molecule has 0 spiro atoms. The van der Waals surface area contributed by atoms with Gasteiger partial charge in [-0.1, -0.05) is 31.5 Å². The van der Waals surface area contributed by atoms with Crippen molar-refractivity contribution in [2.75, 3.05) is 13.2 Å². The number of aliphatic hydroxyl groups is 1. The maximum atomic E-state index is 12.0. The second-order valence-electron chi connectivity index (χ2n) is 4.85. The number of aliphatic hydroxyl groups excluding tert-OH is 1. The predicted molar refractivity (Wildman–Crippen MR) is 79.2 cm³/mol. The van der Waals surface area contributed by atoms with Gasteiger partial charge in [-0.05, 0) is 24.5 Å². The number of aromatic nitrogens is 3. The molecule has 1 atom stereocenters. The quantitative estimate of drug-likeness (QED) is 0.807. The second-order valence-corrected chi connectivity index (χ2v) is 4.85. The van der Waals surface area contributed by atoms with Crippen LogP contribution in [-0.4, -0.2) is 39.2 Å². The van der Waals surface area contributed by atoms with Crippen LogP contribution in [0.25, 0.3) is 5.69 Å². The average Bonchev–Trinajstić information content (AvgIpc) is 3.02. The SMILES string of the molecule is CCC(CCO)CNC(=O)c1cnn(-c2ccccc2)n1. The van der Waals surface area contributed by atoms with Crippen molar-refractivity contribution in [2.45, 2.75) is 19.8 Å². The van der Waals surface area contributed by atoms with E-state index < -0.39 is 0 Å². The molecule has 0 aliphatic heterocycles. The Bertz CT molecular complexity index is 568. The number of hydrogen-bond donors (Lipinski definition) is 2. The zero-order valence-corrected chi connectivity index (χ0v) is 12.1. The highest BCUT2D eigenvalue weighted by molar-refractivity contribution is 5.91. The third kappa shape index (κ3) is 4.13. The number of amides is 1. The number of hydrogen-bond acceptors (Lipinski definition) is 4. The molecule has 2 rings (SSSR count). The zero-order chi connectivity index (χ0) is 15.1. The minimum absolute atomic E-state index is 0.137. The average molecular weight is 288 g/mol. The molecule has 1 heterocycles. The molecule has 6 nitrogen and oxygen atoms in total. The molecule has 1 aromatic carbocycles. The fourth-order valence-electron chi connectivity index (χ4n) is 2.01. The van der Waals surface area contributed by atoms with Crippen LogP contribution < -0.4 is 5.32 Å². The lowest BCUT2D eigenvalue weighted by Crippen LogP contribution is -2.30. The molecule has 1 amide bonds. The van der Waals surface area contributed by atoms with Gasteiger partial charge in [0.2, 0.25) is 0 Å². The molecule has 0 saturated heterocycles. The second kappa shape index (κ2) is 7.54. The number of carbonyl (C=O) groups excluding carboxylic acids is 1. The minimum Gasteiger partial charge on any atom is -0.396 e. The maximum absolute atomic E-state index is 12.0. The van der Waals surface area contributed by atoms with E-state index in [9.17, 15) is 4.79 Å². The minimum atomic E-state index is -0.242. The molecule has 0 saturated carbocycles. The molecule has 1 unspecified atom stereocenters. The van der Waals surface area contributed by atoms with Gasteiger partial charge in [-0.3, -0.25) is 4.79 Å². The lowest BCUT2D eigenvalue weighted by molar-refractivity contribution is 0.0938. The molecule has 6 heteroatoms. The first-order chi connectivity index (χ1) is 10.2. The fourth-order valence-corrected chi connectivity index (χ4v) is 2.01. The van der Waals surface area contributed by atoms with Crippen LogP contribution in [0.15, 0.2) is 36.5 Å². The number of nitrogens with zero attached hydrogens (tertiary/aromatic N) is 3. The van der Waals surface area contributed by atoms with Crippen LogP contribution >= 0.6 is 0 Å². The Morgan fingerprint density at radius 1 is 1.38 bits per heavy atom. The summed E-state index contributed by atoms with van der Waals surface area (Å²) in [4.78, 5) is 13.5. The van der Waals surface area contributed by atoms with E-state index in [2.05, 4.69) is 15.5 Å². The summed E-state index contributed by atoms with van der Waals surface area (Å²) in [6, 6.07) is 9.43. The molecular weight excluding hydrogens is 268 g/mol. The lowest BCUT2D eigenvalue weighted by atomic mass is 10.0. The summed E-state index contributed by atoms with van der Waals surface area (Å²) >= 11 is 0. The van der Waals surface area contributed by atoms with Crippen molar-refractivity contribution in [1.29, 1.82) is 0 Å².